The fourth-order valence-corrected chi connectivity index (χ4v) is 10.3. The standard InChI is InChI=1S/C58H36N2S/c1-2-13-37(14-3-1)41-17-12-18-44(33-41)53-36-54(48-22-9-8-20-46(48)43-30-31-50-49-23-10-11-24-55(49)61-56(50)35-43)60-58(59-53)40-27-25-39(26-28-40)57-47-21-7-5-16-42(47)34-52-45-19-6-4-15-38(45)29-32-51(52)57/h1-36H. The first-order valence-electron chi connectivity index (χ1n) is 20.7. The first-order chi connectivity index (χ1) is 30.2. The summed E-state index contributed by atoms with van der Waals surface area (Å²) in [4.78, 5) is 10.7. The molecule has 2 aromatic heterocycles. The van der Waals surface area contributed by atoms with Crippen molar-refractivity contribution in [2.75, 3.05) is 0 Å². The first kappa shape index (κ1) is 35.2. The minimum atomic E-state index is 0.688. The van der Waals surface area contributed by atoms with Crippen LogP contribution in [0.3, 0.4) is 0 Å². The van der Waals surface area contributed by atoms with E-state index in [1.165, 1.54) is 69.2 Å². The van der Waals surface area contributed by atoms with Crippen LogP contribution >= 0.6 is 11.3 Å². The summed E-state index contributed by atoms with van der Waals surface area (Å²) >= 11 is 1.85. The van der Waals surface area contributed by atoms with Crippen LogP contribution in [0.25, 0.3) is 120 Å². The van der Waals surface area contributed by atoms with Gasteiger partial charge in [-0.15, -0.1) is 11.3 Å². The van der Waals surface area contributed by atoms with Gasteiger partial charge in [-0.3, -0.25) is 0 Å². The highest BCUT2D eigenvalue weighted by Gasteiger charge is 2.17. The van der Waals surface area contributed by atoms with Crippen molar-refractivity contribution >= 4 is 63.8 Å². The van der Waals surface area contributed by atoms with Gasteiger partial charge in [0.1, 0.15) is 0 Å². The van der Waals surface area contributed by atoms with Crippen LogP contribution in [0, 0.1) is 0 Å². The van der Waals surface area contributed by atoms with Crippen LogP contribution in [0.15, 0.2) is 218 Å². The van der Waals surface area contributed by atoms with E-state index >= 15 is 0 Å². The van der Waals surface area contributed by atoms with E-state index in [0.29, 0.717) is 5.82 Å². The smallest absolute Gasteiger partial charge is 0.160 e. The van der Waals surface area contributed by atoms with E-state index in [2.05, 4.69) is 218 Å². The minimum Gasteiger partial charge on any atom is -0.228 e. The van der Waals surface area contributed by atoms with Gasteiger partial charge in [-0.25, -0.2) is 9.97 Å². The summed E-state index contributed by atoms with van der Waals surface area (Å²) in [7, 11) is 0. The van der Waals surface area contributed by atoms with E-state index in [1.54, 1.807) is 0 Å². The predicted octanol–water partition coefficient (Wildman–Crippen LogP) is 16.3. The number of hydrogen-bond donors (Lipinski definition) is 0. The number of nitrogens with zero attached hydrogens (tertiary/aromatic N) is 2. The molecule has 0 bridgehead atoms. The van der Waals surface area contributed by atoms with Gasteiger partial charge in [-0.1, -0.05) is 188 Å². The molecule has 0 aliphatic carbocycles. The van der Waals surface area contributed by atoms with Crippen molar-refractivity contribution in [3.05, 3.63) is 218 Å². The van der Waals surface area contributed by atoms with Gasteiger partial charge in [-0.2, -0.15) is 0 Å². The molecule has 0 N–H and O–H groups in total. The third-order valence-electron chi connectivity index (χ3n) is 12.1. The number of aromatic nitrogens is 2. The van der Waals surface area contributed by atoms with E-state index in [4.69, 9.17) is 9.97 Å². The van der Waals surface area contributed by atoms with Crippen molar-refractivity contribution in [2.24, 2.45) is 0 Å². The van der Waals surface area contributed by atoms with Gasteiger partial charge in [-0.05, 0) is 96.0 Å². The van der Waals surface area contributed by atoms with Crippen LogP contribution in [0.2, 0.25) is 0 Å². The third kappa shape index (κ3) is 6.18. The van der Waals surface area contributed by atoms with Crippen LogP contribution in [-0.4, -0.2) is 9.97 Å². The van der Waals surface area contributed by atoms with E-state index in [9.17, 15) is 0 Å². The molecular formula is C58H36N2S. The average molecular weight is 793 g/mol. The molecule has 12 aromatic rings. The summed E-state index contributed by atoms with van der Waals surface area (Å²) in [6.07, 6.45) is 0. The van der Waals surface area contributed by atoms with Gasteiger partial charge >= 0.3 is 0 Å². The second kappa shape index (κ2) is 14.5. The molecule has 2 heterocycles. The van der Waals surface area contributed by atoms with Crippen molar-refractivity contribution in [2.45, 2.75) is 0 Å². The summed E-state index contributed by atoms with van der Waals surface area (Å²) < 4.78 is 2.58. The van der Waals surface area contributed by atoms with E-state index in [1.807, 2.05) is 11.3 Å². The van der Waals surface area contributed by atoms with Crippen LogP contribution < -0.4 is 0 Å². The monoisotopic (exact) mass is 792 g/mol. The van der Waals surface area contributed by atoms with Gasteiger partial charge in [0.05, 0.1) is 11.4 Å². The molecule has 0 amide bonds. The molecule has 2 nitrogen and oxygen atoms in total. The quantitative estimate of drug-likeness (QED) is 0.124. The molecule has 10 aromatic carbocycles. The first-order valence-corrected chi connectivity index (χ1v) is 21.5. The van der Waals surface area contributed by atoms with Gasteiger partial charge in [0.15, 0.2) is 5.82 Å². The molecule has 0 fully saturated rings. The highest BCUT2D eigenvalue weighted by molar-refractivity contribution is 7.25. The highest BCUT2D eigenvalue weighted by Crippen LogP contribution is 2.42. The van der Waals surface area contributed by atoms with Crippen molar-refractivity contribution in [3.8, 4) is 67.3 Å². The fraction of sp³-hybridized carbons (Fsp3) is 0. The van der Waals surface area contributed by atoms with Gasteiger partial charge < -0.3 is 0 Å². The summed E-state index contributed by atoms with van der Waals surface area (Å²) in [5.74, 6) is 0.688. The zero-order chi connectivity index (χ0) is 40.3. The van der Waals surface area contributed by atoms with E-state index in [-0.39, 0.29) is 0 Å². The molecule has 0 saturated carbocycles. The molecule has 0 atom stereocenters. The van der Waals surface area contributed by atoms with Gasteiger partial charge in [0, 0.05) is 36.9 Å². The Hall–Kier alpha value is -7.72. The molecular weight excluding hydrogens is 757 g/mol. The molecule has 12 rings (SSSR count). The second-order valence-electron chi connectivity index (χ2n) is 15.7. The lowest BCUT2D eigenvalue weighted by atomic mass is 9.89. The predicted molar refractivity (Wildman–Crippen MR) is 260 cm³/mol. The summed E-state index contributed by atoms with van der Waals surface area (Å²) in [6, 6.07) is 78.7. The Labute approximate surface area is 357 Å². The Kier molecular flexibility index (Phi) is 8.39. The Balaban J connectivity index is 1.02. The molecule has 3 heteroatoms. The summed E-state index contributed by atoms with van der Waals surface area (Å²) in [5, 5.41) is 10.1. The largest absolute Gasteiger partial charge is 0.228 e. The van der Waals surface area contributed by atoms with Crippen molar-refractivity contribution in [1.29, 1.82) is 0 Å². The minimum absolute atomic E-state index is 0.688. The molecule has 0 aliphatic rings. The van der Waals surface area contributed by atoms with Crippen molar-refractivity contribution in [1.82, 2.24) is 9.97 Å². The van der Waals surface area contributed by atoms with Gasteiger partial charge in [0.25, 0.3) is 0 Å². The zero-order valence-corrected chi connectivity index (χ0v) is 33.9. The lowest BCUT2D eigenvalue weighted by Crippen LogP contribution is -1.97. The average Bonchev–Trinajstić information content (AvgIpc) is 3.71. The molecule has 0 spiro atoms. The summed E-state index contributed by atoms with van der Waals surface area (Å²) in [6.45, 7) is 0. The van der Waals surface area contributed by atoms with Gasteiger partial charge in [0.2, 0.25) is 0 Å². The Bertz CT molecular complexity index is 3640. The van der Waals surface area contributed by atoms with E-state index < -0.39 is 0 Å². The van der Waals surface area contributed by atoms with Crippen LogP contribution in [0.1, 0.15) is 0 Å². The van der Waals surface area contributed by atoms with Crippen LogP contribution in [0.5, 0.6) is 0 Å². The van der Waals surface area contributed by atoms with E-state index in [0.717, 1.165) is 44.8 Å². The summed E-state index contributed by atoms with van der Waals surface area (Å²) in [5.41, 5.74) is 11.9. The lowest BCUT2D eigenvalue weighted by Gasteiger charge is -2.15. The second-order valence-corrected chi connectivity index (χ2v) is 16.8. The maximum atomic E-state index is 5.39. The highest BCUT2D eigenvalue weighted by atomic mass is 32.1. The SMILES string of the molecule is c1ccc(-c2cccc(-c3cc(-c4ccccc4-c4ccc5c(c4)sc4ccccc45)nc(-c4ccc(-c5c6ccccc6cc6c5ccc5ccccc56)cc4)n3)c2)cc1. The number of hydrogen-bond acceptors (Lipinski definition) is 3. The van der Waals surface area contributed by atoms with Crippen LogP contribution in [0.4, 0.5) is 0 Å². The number of benzene rings is 10. The molecule has 284 valence electrons. The van der Waals surface area contributed by atoms with Crippen molar-refractivity contribution in [3.63, 3.8) is 0 Å². The maximum Gasteiger partial charge on any atom is 0.160 e. The fourth-order valence-electron chi connectivity index (χ4n) is 9.12. The molecule has 0 radical (unpaired) electrons. The zero-order valence-electron chi connectivity index (χ0n) is 33.1. The Morgan fingerprint density at radius 1 is 0.279 bits per heavy atom. The number of thiophene rings is 1. The Morgan fingerprint density at radius 3 is 1.77 bits per heavy atom. The molecule has 0 unspecified atom stereocenters. The third-order valence-corrected chi connectivity index (χ3v) is 13.2. The molecule has 61 heavy (non-hydrogen) atoms. The number of rotatable bonds is 6. The molecule has 0 aliphatic heterocycles. The lowest BCUT2D eigenvalue weighted by molar-refractivity contribution is 1.18. The van der Waals surface area contributed by atoms with Crippen LogP contribution in [-0.2, 0) is 0 Å². The maximum absolute atomic E-state index is 5.39. The Morgan fingerprint density at radius 2 is 0.902 bits per heavy atom. The number of fused-ring (bicyclic) bond motifs is 7. The van der Waals surface area contributed by atoms with Crippen molar-refractivity contribution < 1.29 is 0 Å². The topological polar surface area (TPSA) is 25.8 Å². The molecule has 0 saturated heterocycles. The normalized spacial score (nSPS) is 11.6.